The van der Waals surface area contributed by atoms with Crippen LogP contribution in [0.1, 0.15) is 25.5 Å². The van der Waals surface area contributed by atoms with Gasteiger partial charge in [-0.3, -0.25) is 9.80 Å². The van der Waals surface area contributed by atoms with Crippen LogP contribution in [-0.4, -0.2) is 79.1 Å². The van der Waals surface area contributed by atoms with Crippen LogP contribution >= 0.6 is 0 Å². The second kappa shape index (κ2) is 8.67. The molecule has 1 saturated heterocycles. The van der Waals surface area contributed by atoms with Crippen LogP contribution in [0, 0.1) is 0 Å². The Balaban J connectivity index is 1.99. The van der Waals surface area contributed by atoms with Gasteiger partial charge in [-0.1, -0.05) is 0 Å². The smallest absolute Gasteiger partial charge is 0.124 e. The van der Waals surface area contributed by atoms with Crippen LogP contribution in [0.2, 0.25) is 0 Å². The lowest BCUT2D eigenvalue weighted by atomic mass is 10.1. The molecule has 0 radical (unpaired) electrons. The molecular weight excluding hydrogens is 308 g/mol. The monoisotopic (exact) mass is 338 g/mol. The highest BCUT2D eigenvalue weighted by Crippen LogP contribution is 2.30. The average molecular weight is 338 g/mol. The number of rotatable bonds is 7. The minimum absolute atomic E-state index is 0.314. The van der Waals surface area contributed by atoms with E-state index in [9.17, 15) is 10.2 Å². The SMILES string of the molecule is COc1ccc(OC)c([C@H](O)CN2CCN(C[C@@H](C)O)[C@@H](C)C2)c1. The summed E-state index contributed by atoms with van der Waals surface area (Å²) in [4.78, 5) is 4.55. The summed E-state index contributed by atoms with van der Waals surface area (Å²) in [6.45, 7) is 7.87. The summed E-state index contributed by atoms with van der Waals surface area (Å²) < 4.78 is 10.6. The van der Waals surface area contributed by atoms with Crippen molar-refractivity contribution in [2.45, 2.75) is 32.1 Å². The number of benzene rings is 1. The molecule has 2 rings (SSSR count). The van der Waals surface area contributed by atoms with E-state index in [1.165, 1.54) is 0 Å². The predicted octanol–water partition coefficient (Wildman–Crippen LogP) is 1.12. The quantitative estimate of drug-likeness (QED) is 0.777. The summed E-state index contributed by atoms with van der Waals surface area (Å²) >= 11 is 0. The van der Waals surface area contributed by atoms with Gasteiger partial charge in [0, 0.05) is 44.3 Å². The lowest BCUT2D eigenvalue weighted by molar-refractivity contribution is 0.0236. The normalized spacial score (nSPS) is 22.2. The van der Waals surface area contributed by atoms with Gasteiger partial charge in [-0.25, -0.2) is 0 Å². The topological polar surface area (TPSA) is 65.4 Å². The number of ether oxygens (including phenoxy) is 2. The molecule has 0 unspecified atom stereocenters. The van der Waals surface area contributed by atoms with Crippen LogP contribution in [0.25, 0.3) is 0 Å². The van der Waals surface area contributed by atoms with Crippen molar-refractivity contribution in [1.82, 2.24) is 9.80 Å². The molecule has 2 N–H and O–H groups in total. The maximum Gasteiger partial charge on any atom is 0.124 e. The van der Waals surface area contributed by atoms with Crippen LogP contribution in [0.4, 0.5) is 0 Å². The van der Waals surface area contributed by atoms with Crippen molar-refractivity contribution < 1.29 is 19.7 Å². The Labute approximate surface area is 144 Å². The Morgan fingerprint density at radius 2 is 1.92 bits per heavy atom. The molecule has 1 heterocycles. The van der Waals surface area contributed by atoms with E-state index < -0.39 is 6.10 Å². The van der Waals surface area contributed by atoms with Gasteiger partial charge in [-0.2, -0.15) is 0 Å². The maximum absolute atomic E-state index is 10.7. The van der Waals surface area contributed by atoms with E-state index in [-0.39, 0.29) is 6.10 Å². The second-order valence-electron chi connectivity index (χ2n) is 6.58. The number of hydrogen-bond donors (Lipinski definition) is 2. The summed E-state index contributed by atoms with van der Waals surface area (Å²) in [6.07, 6.45) is -0.948. The minimum atomic E-state index is -0.634. The highest BCUT2D eigenvalue weighted by molar-refractivity contribution is 5.41. The first-order valence-electron chi connectivity index (χ1n) is 8.49. The molecule has 0 spiro atoms. The zero-order chi connectivity index (χ0) is 17.7. The van der Waals surface area contributed by atoms with Crippen LogP contribution in [-0.2, 0) is 0 Å². The summed E-state index contributed by atoms with van der Waals surface area (Å²) in [5, 5.41) is 20.2. The molecule has 1 aliphatic rings. The number of methoxy groups -OCH3 is 2. The first-order chi connectivity index (χ1) is 11.4. The van der Waals surface area contributed by atoms with Gasteiger partial charge < -0.3 is 19.7 Å². The number of β-amino-alcohol motifs (C(OH)–C–C–N with tert-alkyl or cyclic N) is 2. The largest absolute Gasteiger partial charge is 0.497 e. The zero-order valence-electron chi connectivity index (χ0n) is 15.1. The summed E-state index contributed by atoms with van der Waals surface area (Å²) in [7, 11) is 3.22. The molecule has 0 bridgehead atoms. The van der Waals surface area contributed by atoms with Gasteiger partial charge in [-0.15, -0.1) is 0 Å². The minimum Gasteiger partial charge on any atom is -0.497 e. The molecule has 0 aliphatic carbocycles. The van der Waals surface area contributed by atoms with Crippen LogP contribution in [0.3, 0.4) is 0 Å². The van der Waals surface area contributed by atoms with Crippen molar-refractivity contribution in [1.29, 1.82) is 0 Å². The number of piperazine rings is 1. The highest BCUT2D eigenvalue weighted by atomic mass is 16.5. The maximum atomic E-state index is 10.7. The Bertz CT molecular complexity index is 524. The summed E-state index contributed by atoms with van der Waals surface area (Å²) in [6, 6.07) is 5.83. The molecule has 6 heteroatoms. The van der Waals surface area contributed by atoms with Crippen LogP contribution < -0.4 is 9.47 Å². The van der Waals surface area contributed by atoms with Gasteiger partial charge in [0.2, 0.25) is 0 Å². The second-order valence-corrected chi connectivity index (χ2v) is 6.58. The van der Waals surface area contributed by atoms with E-state index in [4.69, 9.17) is 9.47 Å². The first kappa shape index (κ1) is 19.0. The third-order valence-corrected chi connectivity index (χ3v) is 4.57. The standard InChI is InChI=1S/C18H30N2O4/c1-13-10-19(7-8-20(13)11-14(2)21)12-17(22)16-9-15(23-3)5-6-18(16)24-4/h5-6,9,13-14,17,21-22H,7-8,10-12H2,1-4H3/t13-,14+,17+/m0/s1. The van der Waals surface area contributed by atoms with Gasteiger partial charge in [0.25, 0.3) is 0 Å². The zero-order valence-corrected chi connectivity index (χ0v) is 15.1. The number of nitrogens with zero attached hydrogens (tertiary/aromatic N) is 2. The van der Waals surface area contributed by atoms with Crippen molar-refractivity contribution in [3.05, 3.63) is 23.8 Å². The third-order valence-electron chi connectivity index (χ3n) is 4.57. The molecule has 24 heavy (non-hydrogen) atoms. The Hall–Kier alpha value is -1.34. The molecule has 1 aromatic rings. The van der Waals surface area contributed by atoms with E-state index in [2.05, 4.69) is 16.7 Å². The Morgan fingerprint density at radius 1 is 1.17 bits per heavy atom. The number of aliphatic hydroxyl groups excluding tert-OH is 2. The van der Waals surface area contributed by atoms with Crippen molar-refractivity contribution in [2.75, 3.05) is 46.9 Å². The number of hydrogen-bond acceptors (Lipinski definition) is 6. The van der Waals surface area contributed by atoms with Gasteiger partial charge >= 0.3 is 0 Å². The molecule has 6 nitrogen and oxygen atoms in total. The summed E-state index contributed by atoms with van der Waals surface area (Å²) in [5.74, 6) is 1.38. The van der Waals surface area contributed by atoms with Crippen molar-refractivity contribution in [3.8, 4) is 11.5 Å². The summed E-state index contributed by atoms with van der Waals surface area (Å²) in [5.41, 5.74) is 0.746. The van der Waals surface area contributed by atoms with Crippen molar-refractivity contribution >= 4 is 0 Å². The highest BCUT2D eigenvalue weighted by Gasteiger charge is 2.26. The van der Waals surface area contributed by atoms with Gasteiger partial charge in [0.05, 0.1) is 26.4 Å². The number of aliphatic hydroxyl groups is 2. The molecule has 1 fully saturated rings. The molecule has 0 amide bonds. The van der Waals surface area contributed by atoms with E-state index in [1.807, 2.05) is 25.1 Å². The van der Waals surface area contributed by atoms with Crippen LogP contribution in [0.5, 0.6) is 11.5 Å². The van der Waals surface area contributed by atoms with E-state index in [1.54, 1.807) is 14.2 Å². The Morgan fingerprint density at radius 3 is 2.50 bits per heavy atom. The third kappa shape index (κ3) is 4.83. The molecule has 136 valence electrons. The average Bonchev–Trinajstić information content (AvgIpc) is 2.56. The first-order valence-corrected chi connectivity index (χ1v) is 8.49. The van der Waals surface area contributed by atoms with E-state index in [0.29, 0.717) is 30.6 Å². The Kier molecular flexibility index (Phi) is 6.86. The fraction of sp³-hybridized carbons (Fsp3) is 0.667. The molecule has 1 aliphatic heterocycles. The van der Waals surface area contributed by atoms with Crippen molar-refractivity contribution in [2.24, 2.45) is 0 Å². The predicted molar refractivity (Wildman–Crippen MR) is 93.7 cm³/mol. The van der Waals surface area contributed by atoms with E-state index >= 15 is 0 Å². The molecular formula is C18H30N2O4. The fourth-order valence-electron chi connectivity index (χ4n) is 3.29. The van der Waals surface area contributed by atoms with E-state index in [0.717, 1.165) is 25.2 Å². The van der Waals surface area contributed by atoms with Gasteiger partial charge in [0.1, 0.15) is 11.5 Å². The molecule has 1 aromatic carbocycles. The van der Waals surface area contributed by atoms with Crippen LogP contribution in [0.15, 0.2) is 18.2 Å². The lowest BCUT2D eigenvalue weighted by Crippen LogP contribution is -2.54. The fourth-order valence-corrected chi connectivity index (χ4v) is 3.29. The van der Waals surface area contributed by atoms with Crippen molar-refractivity contribution in [3.63, 3.8) is 0 Å². The molecule has 3 atom stereocenters. The van der Waals surface area contributed by atoms with Gasteiger partial charge in [0.15, 0.2) is 0 Å². The lowest BCUT2D eigenvalue weighted by Gasteiger charge is -2.41. The molecule has 0 saturated carbocycles. The van der Waals surface area contributed by atoms with Gasteiger partial charge in [-0.05, 0) is 32.0 Å². The molecule has 0 aromatic heterocycles.